The summed E-state index contributed by atoms with van der Waals surface area (Å²) < 4.78 is 5.82. The normalized spacial score (nSPS) is 12.2. The number of nitrogens with zero attached hydrogens (tertiary/aromatic N) is 2. The lowest BCUT2D eigenvalue weighted by Crippen LogP contribution is -2.08. The van der Waals surface area contributed by atoms with Crippen molar-refractivity contribution in [2.45, 2.75) is 17.6 Å². The molecule has 0 N–H and O–H groups in total. The molecular formula is C25H17ClN2OS. The van der Waals surface area contributed by atoms with E-state index in [9.17, 15) is 5.26 Å². The summed E-state index contributed by atoms with van der Waals surface area (Å²) in [4.78, 5) is 5.92. The van der Waals surface area contributed by atoms with Crippen LogP contribution in [0.2, 0.25) is 5.02 Å². The van der Waals surface area contributed by atoms with Crippen molar-refractivity contribution in [1.82, 2.24) is 4.98 Å². The van der Waals surface area contributed by atoms with Gasteiger partial charge in [-0.25, -0.2) is 4.98 Å². The second kappa shape index (κ2) is 7.68. The Kier molecular flexibility index (Phi) is 4.86. The average Bonchev–Trinajstić information content (AvgIpc) is 2.78. The minimum atomic E-state index is 0.375. The molecule has 0 unspecified atom stereocenters. The number of ether oxygens (including phenoxy) is 1. The predicted molar refractivity (Wildman–Crippen MR) is 123 cm³/mol. The summed E-state index contributed by atoms with van der Waals surface area (Å²) in [6, 6.07) is 22.8. The zero-order chi connectivity index (χ0) is 20.7. The molecule has 5 heteroatoms. The van der Waals surface area contributed by atoms with Gasteiger partial charge in [0.25, 0.3) is 0 Å². The topological polar surface area (TPSA) is 45.9 Å². The average molecular weight is 429 g/mol. The van der Waals surface area contributed by atoms with Crippen molar-refractivity contribution in [2.75, 3.05) is 6.61 Å². The number of hydrogen-bond donors (Lipinski definition) is 0. The van der Waals surface area contributed by atoms with Crippen LogP contribution in [0.3, 0.4) is 0 Å². The molecular weight excluding hydrogens is 412 g/mol. The fraction of sp³-hybridized carbons (Fsp3) is 0.120. The fourth-order valence-corrected chi connectivity index (χ4v) is 5.16. The Morgan fingerprint density at radius 3 is 2.73 bits per heavy atom. The Morgan fingerprint density at radius 2 is 1.93 bits per heavy atom. The smallest absolute Gasteiger partial charge is 0.232 e. The van der Waals surface area contributed by atoms with E-state index in [1.54, 1.807) is 11.8 Å². The molecule has 146 valence electrons. The molecule has 0 fully saturated rings. The summed E-state index contributed by atoms with van der Waals surface area (Å²) >= 11 is 8.05. The third-order valence-electron chi connectivity index (χ3n) is 5.26. The van der Waals surface area contributed by atoms with Gasteiger partial charge in [0.15, 0.2) is 0 Å². The maximum absolute atomic E-state index is 10.0. The number of nitriles is 1. The Balaban J connectivity index is 1.84. The molecule has 4 aromatic rings. The lowest BCUT2D eigenvalue weighted by molar-refractivity contribution is 0.326. The minimum absolute atomic E-state index is 0.375. The van der Waals surface area contributed by atoms with Crippen LogP contribution >= 0.6 is 23.4 Å². The zero-order valence-corrected chi connectivity index (χ0v) is 17.8. The summed E-state index contributed by atoms with van der Waals surface area (Å²) in [5, 5.41) is 13.0. The van der Waals surface area contributed by atoms with Gasteiger partial charge in [0.1, 0.15) is 11.6 Å². The molecule has 0 aliphatic carbocycles. The standard InChI is InChI=1S/C25H17ClN2OS/c1-2-29-25-20(13-27)23(17-8-7-15-5-3-4-6-16(15)11-17)21-14-30-22-10-9-18(26)12-19(22)24(21)28-25/h3-12H,2,14H2,1H3. The van der Waals surface area contributed by atoms with Gasteiger partial charge in [-0.3, -0.25) is 0 Å². The SMILES string of the molecule is CCOc1nc2c(c(-c3ccc4ccccc4c3)c1C#N)CSc1ccc(Cl)cc1-2. The van der Waals surface area contributed by atoms with Crippen LogP contribution in [0.15, 0.2) is 65.6 Å². The van der Waals surface area contributed by atoms with Crippen LogP contribution in [0, 0.1) is 11.3 Å². The number of fused-ring (bicyclic) bond motifs is 4. The van der Waals surface area contributed by atoms with Crippen molar-refractivity contribution >= 4 is 34.1 Å². The van der Waals surface area contributed by atoms with Gasteiger partial charge in [0, 0.05) is 26.8 Å². The van der Waals surface area contributed by atoms with E-state index in [-0.39, 0.29) is 0 Å². The molecule has 0 bridgehead atoms. The van der Waals surface area contributed by atoms with Crippen LogP contribution in [0.25, 0.3) is 33.2 Å². The first-order chi connectivity index (χ1) is 14.7. The molecule has 0 saturated heterocycles. The number of benzene rings is 3. The van der Waals surface area contributed by atoms with E-state index in [1.807, 2.05) is 37.3 Å². The third-order valence-corrected chi connectivity index (χ3v) is 6.60. The van der Waals surface area contributed by atoms with Gasteiger partial charge < -0.3 is 4.74 Å². The molecule has 3 aromatic carbocycles. The summed E-state index contributed by atoms with van der Waals surface area (Å²) in [5.41, 5.74) is 5.26. The molecule has 30 heavy (non-hydrogen) atoms. The van der Waals surface area contributed by atoms with Crippen molar-refractivity contribution in [1.29, 1.82) is 5.26 Å². The van der Waals surface area contributed by atoms with E-state index in [0.29, 0.717) is 23.1 Å². The largest absolute Gasteiger partial charge is 0.477 e. The van der Waals surface area contributed by atoms with Gasteiger partial charge in [-0.2, -0.15) is 5.26 Å². The van der Waals surface area contributed by atoms with Crippen molar-refractivity contribution < 1.29 is 4.74 Å². The van der Waals surface area contributed by atoms with Crippen LogP contribution in [0.1, 0.15) is 18.1 Å². The molecule has 1 aliphatic rings. The molecule has 1 aliphatic heterocycles. The number of hydrogen-bond acceptors (Lipinski definition) is 4. The van der Waals surface area contributed by atoms with Gasteiger partial charge in [0.05, 0.1) is 12.3 Å². The molecule has 0 radical (unpaired) electrons. The zero-order valence-electron chi connectivity index (χ0n) is 16.3. The van der Waals surface area contributed by atoms with E-state index >= 15 is 0 Å². The number of pyridine rings is 1. The van der Waals surface area contributed by atoms with E-state index in [0.717, 1.165) is 44.0 Å². The highest BCUT2D eigenvalue weighted by atomic mass is 35.5. The third kappa shape index (κ3) is 3.11. The van der Waals surface area contributed by atoms with Crippen LogP contribution in [0.4, 0.5) is 0 Å². The number of aromatic nitrogens is 1. The predicted octanol–water partition coefficient (Wildman–Crippen LogP) is 7.10. The second-order valence-corrected chi connectivity index (χ2v) is 8.48. The van der Waals surface area contributed by atoms with E-state index in [4.69, 9.17) is 21.3 Å². The monoisotopic (exact) mass is 428 g/mol. The van der Waals surface area contributed by atoms with Crippen LogP contribution in [0.5, 0.6) is 5.88 Å². The lowest BCUT2D eigenvalue weighted by Gasteiger charge is -2.24. The summed E-state index contributed by atoms with van der Waals surface area (Å²) in [6.45, 7) is 2.34. The Morgan fingerprint density at radius 1 is 1.10 bits per heavy atom. The van der Waals surface area contributed by atoms with Crippen LogP contribution < -0.4 is 4.74 Å². The van der Waals surface area contributed by atoms with Gasteiger partial charge in [-0.15, -0.1) is 11.8 Å². The molecule has 2 heterocycles. The first-order valence-corrected chi connectivity index (χ1v) is 11.1. The summed E-state index contributed by atoms with van der Waals surface area (Å²) in [5.74, 6) is 1.11. The van der Waals surface area contributed by atoms with Gasteiger partial charge >= 0.3 is 0 Å². The second-order valence-electron chi connectivity index (χ2n) is 7.03. The van der Waals surface area contributed by atoms with E-state index in [2.05, 4.69) is 36.4 Å². The van der Waals surface area contributed by atoms with Crippen LogP contribution in [-0.2, 0) is 5.75 Å². The van der Waals surface area contributed by atoms with E-state index in [1.165, 1.54) is 5.39 Å². The highest BCUT2D eigenvalue weighted by Gasteiger charge is 2.27. The van der Waals surface area contributed by atoms with Gasteiger partial charge in [-0.1, -0.05) is 48.0 Å². The molecule has 0 saturated carbocycles. The number of halogens is 1. The van der Waals surface area contributed by atoms with Crippen molar-refractivity contribution in [3.8, 4) is 34.3 Å². The summed E-state index contributed by atoms with van der Waals surface area (Å²) in [7, 11) is 0. The Hall–Kier alpha value is -3.00. The molecule has 5 rings (SSSR count). The number of thioether (sulfide) groups is 1. The van der Waals surface area contributed by atoms with Gasteiger partial charge in [0.2, 0.25) is 5.88 Å². The molecule has 0 amide bonds. The van der Waals surface area contributed by atoms with Crippen molar-refractivity contribution in [3.05, 3.63) is 76.8 Å². The molecule has 1 aromatic heterocycles. The Labute approximate surface area is 184 Å². The highest BCUT2D eigenvalue weighted by Crippen LogP contribution is 2.47. The van der Waals surface area contributed by atoms with Gasteiger partial charge in [-0.05, 0) is 53.1 Å². The summed E-state index contributed by atoms with van der Waals surface area (Å²) in [6.07, 6.45) is 0. The molecule has 3 nitrogen and oxygen atoms in total. The Bertz CT molecular complexity index is 1340. The van der Waals surface area contributed by atoms with Crippen LogP contribution in [-0.4, -0.2) is 11.6 Å². The fourth-order valence-electron chi connectivity index (χ4n) is 3.94. The van der Waals surface area contributed by atoms with Crippen molar-refractivity contribution in [3.63, 3.8) is 0 Å². The first-order valence-electron chi connectivity index (χ1n) is 9.71. The van der Waals surface area contributed by atoms with E-state index < -0.39 is 0 Å². The maximum atomic E-state index is 10.0. The molecule has 0 atom stereocenters. The maximum Gasteiger partial charge on any atom is 0.232 e. The van der Waals surface area contributed by atoms with Crippen molar-refractivity contribution in [2.24, 2.45) is 0 Å². The quantitative estimate of drug-likeness (QED) is 0.349. The minimum Gasteiger partial charge on any atom is -0.477 e. The first kappa shape index (κ1) is 19.0. The highest BCUT2D eigenvalue weighted by molar-refractivity contribution is 7.98. The lowest BCUT2D eigenvalue weighted by atomic mass is 9.91. The number of rotatable bonds is 3. The molecule has 0 spiro atoms.